The number of hydrogen-bond acceptors (Lipinski definition) is 5. The van der Waals surface area contributed by atoms with Crippen LogP contribution in [0.5, 0.6) is 0 Å². The minimum atomic E-state index is -1.31. The highest BCUT2D eigenvalue weighted by Crippen LogP contribution is 2.30. The van der Waals surface area contributed by atoms with Crippen LogP contribution >= 0.6 is 0 Å². The van der Waals surface area contributed by atoms with E-state index in [9.17, 15) is 15.0 Å². The van der Waals surface area contributed by atoms with E-state index in [-0.39, 0.29) is 12.5 Å². The average molecular weight is 289 g/mol. The van der Waals surface area contributed by atoms with Crippen molar-refractivity contribution in [2.75, 3.05) is 13.2 Å². The molecule has 1 saturated heterocycles. The van der Waals surface area contributed by atoms with Gasteiger partial charge in [-0.2, -0.15) is 0 Å². The molecule has 0 aliphatic carbocycles. The number of aliphatic hydroxyl groups is 2. The summed E-state index contributed by atoms with van der Waals surface area (Å²) in [7, 11) is 0. The Kier molecular flexibility index (Phi) is 5.05. The van der Waals surface area contributed by atoms with Gasteiger partial charge in [0, 0.05) is 12.5 Å². The summed E-state index contributed by atoms with van der Waals surface area (Å²) in [6.07, 6.45) is -0.891. The summed E-state index contributed by atoms with van der Waals surface area (Å²) in [5.41, 5.74) is -0.588. The monoisotopic (exact) mass is 289 g/mol. The summed E-state index contributed by atoms with van der Waals surface area (Å²) in [6, 6.07) is -0.508. The Bertz CT molecular complexity index is 344. The van der Waals surface area contributed by atoms with E-state index in [1.165, 1.54) is 18.7 Å². The van der Waals surface area contributed by atoms with Crippen molar-refractivity contribution in [2.45, 2.75) is 65.1 Å². The highest BCUT2D eigenvalue weighted by Gasteiger charge is 2.45. The Morgan fingerprint density at radius 3 is 2.25 bits per heavy atom. The third-order valence-electron chi connectivity index (χ3n) is 3.06. The van der Waals surface area contributed by atoms with E-state index >= 15 is 0 Å². The van der Waals surface area contributed by atoms with Gasteiger partial charge in [0.25, 0.3) is 0 Å². The third kappa shape index (κ3) is 4.61. The molecule has 3 atom stereocenters. The van der Waals surface area contributed by atoms with Crippen molar-refractivity contribution in [2.24, 2.45) is 5.92 Å². The number of carbonyl (C=O) groups excluding carboxylic acids is 1. The molecule has 0 saturated carbocycles. The van der Waals surface area contributed by atoms with Gasteiger partial charge in [0.2, 0.25) is 0 Å². The summed E-state index contributed by atoms with van der Waals surface area (Å²) in [4.78, 5) is 13.6. The molecule has 1 aliphatic rings. The lowest BCUT2D eigenvalue weighted by Crippen LogP contribution is -2.47. The Hall–Kier alpha value is -0.850. The Morgan fingerprint density at radius 2 is 1.85 bits per heavy atom. The van der Waals surface area contributed by atoms with Crippen LogP contribution in [0.4, 0.5) is 4.79 Å². The van der Waals surface area contributed by atoms with Gasteiger partial charge in [0.1, 0.15) is 5.60 Å². The van der Waals surface area contributed by atoms with Crippen LogP contribution in [0.2, 0.25) is 0 Å². The van der Waals surface area contributed by atoms with Gasteiger partial charge in [0.05, 0.1) is 18.8 Å². The first-order valence-corrected chi connectivity index (χ1v) is 6.95. The van der Waals surface area contributed by atoms with E-state index in [1.807, 2.05) is 6.92 Å². The van der Waals surface area contributed by atoms with Gasteiger partial charge in [0.15, 0.2) is 5.79 Å². The minimum absolute atomic E-state index is 0.00564. The summed E-state index contributed by atoms with van der Waals surface area (Å²) < 4.78 is 10.9. The topological polar surface area (TPSA) is 79.2 Å². The maximum atomic E-state index is 12.2. The predicted molar refractivity (Wildman–Crippen MR) is 74.1 cm³/mol. The van der Waals surface area contributed by atoms with Crippen LogP contribution in [-0.2, 0) is 9.47 Å². The van der Waals surface area contributed by atoms with E-state index in [0.29, 0.717) is 6.54 Å². The molecular weight excluding hydrogens is 262 g/mol. The zero-order valence-corrected chi connectivity index (χ0v) is 13.2. The van der Waals surface area contributed by atoms with Crippen molar-refractivity contribution in [3.8, 4) is 0 Å². The highest BCUT2D eigenvalue weighted by molar-refractivity contribution is 5.69. The molecule has 0 bridgehead atoms. The first-order chi connectivity index (χ1) is 8.94. The van der Waals surface area contributed by atoms with Gasteiger partial charge in [-0.05, 0) is 34.6 Å². The van der Waals surface area contributed by atoms with E-state index in [2.05, 4.69) is 0 Å². The number of carbonyl (C=O) groups is 1. The summed E-state index contributed by atoms with van der Waals surface area (Å²) in [6.45, 7) is 10.6. The standard InChI is InChI=1S/C14H27NO5/c1-9-7-15(12(17)20-13(2,3)4)10(8-16)11(9)19-14(5,6)18/h9-11,16,18H,7-8H2,1-6H3/t9-,10+,11-/m0/s1. The predicted octanol–water partition coefficient (Wildman–Crippen LogP) is 1.35. The molecular formula is C14H27NO5. The molecule has 1 rings (SSSR count). The van der Waals surface area contributed by atoms with Crippen LogP contribution in [0.15, 0.2) is 0 Å². The van der Waals surface area contributed by atoms with Gasteiger partial charge >= 0.3 is 6.09 Å². The van der Waals surface area contributed by atoms with Crippen LogP contribution in [0.1, 0.15) is 41.5 Å². The molecule has 118 valence electrons. The molecule has 1 amide bonds. The summed E-state index contributed by atoms with van der Waals surface area (Å²) in [5.74, 6) is -1.30. The molecule has 2 N–H and O–H groups in total. The fourth-order valence-corrected chi connectivity index (χ4v) is 2.37. The summed E-state index contributed by atoms with van der Waals surface area (Å²) >= 11 is 0. The molecule has 1 heterocycles. The molecule has 0 aromatic rings. The van der Waals surface area contributed by atoms with Gasteiger partial charge in [-0.3, -0.25) is 4.90 Å². The van der Waals surface area contributed by atoms with Gasteiger partial charge in [-0.25, -0.2) is 4.79 Å². The maximum absolute atomic E-state index is 12.2. The van der Waals surface area contributed by atoms with Crippen molar-refractivity contribution in [1.82, 2.24) is 4.90 Å². The van der Waals surface area contributed by atoms with E-state index < -0.39 is 29.6 Å². The maximum Gasteiger partial charge on any atom is 0.410 e. The quantitative estimate of drug-likeness (QED) is 0.767. The van der Waals surface area contributed by atoms with E-state index in [1.54, 1.807) is 20.8 Å². The fraction of sp³-hybridized carbons (Fsp3) is 0.929. The van der Waals surface area contributed by atoms with Gasteiger partial charge in [-0.1, -0.05) is 6.92 Å². The molecule has 1 aliphatic heterocycles. The second kappa shape index (κ2) is 5.87. The number of rotatable bonds is 3. The number of hydrogen-bond donors (Lipinski definition) is 2. The number of aliphatic hydroxyl groups excluding tert-OH is 1. The number of amides is 1. The second-order valence-electron chi connectivity index (χ2n) is 6.89. The Labute approximate surface area is 120 Å². The number of ether oxygens (including phenoxy) is 2. The Morgan fingerprint density at radius 1 is 1.30 bits per heavy atom. The van der Waals surface area contributed by atoms with Crippen LogP contribution in [0, 0.1) is 5.92 Å². The fourth-order valence-electron chi connectivity index (χ4n) is 2.37. The smallest absolute Gasteiger partial charge is 0.410 e. The van der Waals surface area contributed by atoms with Crippen molar-refractivity contribution < 1.29 is 24.5 Å². The van der Waals surface area contributed by atoms with E-state index in [0.717, 1.165) is 0 Å². The molecule has 0 aromatic heterocycles. The van der Waals surface area contributed by atoms with Crippen LogP contribution in [0.3, 0.4) is 0 Å². The van der Waals surface area contributed by atoms with Crippen molar-refractivity contribution in [3.05, 3.63) is 0 Å². The average Bonchev–Trinajstić information content (AvgIpc) is 2.51. The lowest BCUT2D eigenvalue weighted by molar-refractivity contribution is -0.217. The van der Waals surface area contributed by atoms with Gasteiger partial charge < -0.3 is 19.7 Å². The zero-order valence-electron chi connectivity index (χ0n) is 13.2. The molecule has 0 radical (unpaired) electrons. The largest absolute Gasteiger partial charge is 0.444 e. The van der Waals surface area contributed by atoms with Crippen molar-refractivity contribution in [1.29, 1.82) is 0 Å². The summed E-state index contributed by atoms with van der Waals surface area (Å²) in [5, 5.41) is 19.3. The van der Waals surface area contributed by atoms with Crippen molar-refractivity contribution >= 4 is 6.09 Å². The van der Waals surface area contributed by atoms with E-state index in [4.69, 9.17) is 9.47 Å². The molecule has 0 aromatic carbocycles. The normalized spacial score (nSPS) is 27.8. The first-order valence-electron chi connectivity index (χ1n) is 6.95. The highest BCUT2D eigenvalue weighted by atomic mass is 16.6. The lowest BCUT2D eigenvalue weighted by atomic mass is 10.0. The minimum Gasteiger partial charge on any atom is -0.444 e. The molecule has 6 heteroatoms. The zero-order chi connectivity index (χ0) is 15.7. The van der Waals surface area contributed by atoms with Crippen LogP contribution in [0.25, 0.3) is 0 Å². The molecule has 20 heavy (non-hydrogen) atoms. The van der Waals surface area contributed by atoms with Crippen molar-refractivity contribution in [3.63, 3.8) is 0 Å². The lowest BCUT2D eigenvalue weighted by Gasteiger charge is -2.32. The van der Waals surface area contributed by atoms with Crippen LogP contribution < -0.4 is 0 Å². The molecule has 6 nitrogen and oxygen atoms in total. The third-order valence-corrected chi connectivity index (χ3v) is 3.06. The second-order valence-corrected chi connectivity index (χ2v) is 6.89. The van der Waals surface area contributed by atoms with Crippen LogP contribution in [-0.4, -0.2) is 57.9 Å². The SMILES string of the molecule is C[C@H]1CN(C(=O)OC(C)(C)C)[C@H](CO)[C@H]1OC(C)(C)O. The molecule has 0 unspecified atom stereocenters. The molecule has 0 spiro atoms. The Balaban J connectivity index is 2.82. The number of nitrogens with zero attached hydrogens (tertiary/aromatic N) is 1. The first kappa shape index (κ1) is 17.2. The van der Waals surface area contributed by atoms with Gasteiger partial charge in [-0.15, -0.1) is 0 Å². The number of likely N-dealkylation sites (tertiary alicyclic amines) is 1. The molecule has 1 fully saturated rings.